The number of amides is 2. The number of carbonyl (C=O) groups excluding carboxylic acids is 2. The van der Waals surface area contributed by atoms with Crippen molar-refractivity contribution < 1.29 is 36.0 Å². The average molecular weight is 719 g/mol. The number of piperazine rings is 1. The van der Waals surface area contributed by atoms with Gasteiger partial charge in [0.15, 0.2) is 0 Å². The van der Waals surface area contributed by atoms with Crippen LogP contribution in [0.25, 0.3) is 11.0 Å². The summed E-state index contributed by atoms with van der Waals surface area (Å²) in [6.45, 7) is 7.49. The van der Waals surface area contributed by atoms with E-state index >= 15 is 0 Å². The molecule has 0 radical (unpaired) electrons. The number of nitrogens with zero attached hydrogens (tertiary/aromatic N) is 4. The number of aryl methyl sites for hydroxylation is 2. The van der Waals surface area contributed by atoms with Crippen LogP contribution in [0, 0.1) is 13.8 Å². The molecule has 2 amide bonds. The van der Waals surface area contributed by atoms with Crippen LogP contribution in [0.5, 0.6) is 5.75 Å². The van der Waals surface area contributed by atoms with E-state index in [4.69, 9.17) is 29.6 Å². The Morgan fingerprint density at radius 1 is 1.08 bits per heavy atom. The van der Waals surface area contributed by atoms with Gasteiger partial charge in [-0.25, -0.2) is 9.52 Å². The number of hydrogen-bond donors (Lipinski definition) is 1. The van der Waals surface area contributed by atoms with Crippen molar-refractivity contribution in [2.24, 2.45) is 0 Å². The lowest BCUT2D eigenvalue weighted by Gasteiger charge is -2.41. The molecule has 15 heteroatoms. The van der Waals surface area contributed by atoms with Crippen molar-refractivity contribution in [2.45, 2.75) is 45.7 Å². The third kappa shape index (κ3) is 6.64. The molecule has 1 aromatic heterocycles. The summed E-state index contributed by atoms with van der Waals surface area (Å²) in [5.41, 5.74) is 3.16. The number of benzene rings is 2. The Morgan fingerprint density at radius 3 is 2.55 bits per heavy atom. The van der Waals surface area contributed by atoms with Gasteiger partial charge in [-0.05, 0) is 69.5 Å². The van der Waals surface area contributed by atoms with Gasteiger partial charge in [-0.2, -0.15) is 12.7 Å². The fourth-order valence-electron chi connectivity index (χ4n) is 7.11. The molecule has 2 fully saturated rings. The number of carbonyl (C=O) groups is 2. The Kier molecular flexibility index (Phi) is 8.88. The molecule has 4 heterocycles. The van der Waals surface area contributed by atoms with E-state index in [0.29, 0.717) is 37.0 Å². The third-order valence-corrected chi connectivity index (χ3v) is 11.6. The minimum atomic E-state index is -4.22. The predicted molar refractivity (Wildman–Crippen MR) is 186 cm³/mol. The molecule has 49 heavy (non-hydrogen) atoms. The van der Waals surface area contributed by atoms with Gasteiger partial charge in [-0.1, -0.05) is 11.6 Å². The summed E-state index contributed by atoms with van der Waals surface area (Å²) in [7, 11) is -3.50. The van der Waals surface area contributed by atoms with E-state index in [1.165, 1.54) is 4.90 Å². The number of ether oxygens (including phenoxy) is 2. The first-order valence-electron chi connectivity index (χ1n) is 17.7. The van der Waals surface area contributed by atoms with Gasteiger partial charge in [-0.15, -0.1) is 0 Å². The van der Waals surface area contributed by atoms with Crippen LogP contribution in [-0.4, -0.2) is 107 Å². The largest absolute Gasteiger partial charge is 0.496 e. The highest BCUT2D eigenvalue weighted by atomic mass is 35.5. The minimum absolute atomic E-state index is 0.105. The zero-order chi connectivity index (χ0) is 37.7. The summed E-state index contributed by atoms with van der Waals surface area (Å²) in [4.78, 5) is 46.6. The van der Waals surface area contributed by atoms with Crippen molar-refractivity contribution >= 4 is 50.3 Å². The zero-order valence-electron chi connectivity index (χ0n) is 30.9. The van der Waals surface area contributed by atoms with E-state index in [9.17, 15) is 22.8 Å². The quantitative estimate of drug-likeness (QED) is 0.346. The topological polar surface area (TPSA) is 142 Å². The summed E-state index contributed by atoms with van der Waals surface area (Å²) < 4.78 is 68.0. The van der Waals surface area contributed by atoms with E-state index in [1.807, 2.05) is 18.6 Å². The molecule has 0 bridgehead atoms. The second kappa shape index (κ2) is 13.9. The monoisotopic (exact) mass is 718 g/mol. The molecule has 6 rings (SSSR count). The van der Waals surface area contributed by atoms with Gasteiger partial charge < -0.3 is 23.7 Å². The summed E-state index contributed by atoms with van der Waals surface area (Å²) >= 11 is 6.51. The maximum atomic E-state index is 13.9. The van der Waals surface area contributed by atoms with Crippen molar-refractivity contribution in [2.75, 3.05) is 72.0 Å². The molecule has 0 unspecified atom stereocenters. The first-order valence-corrected chi connectivity index (χ1v) is 18.0. The SMILES string of the molecule is [2H]C([2H])([2H])Oc1cc(C(=O)N2CCc3c(c(=O)oc4c(C)c(N5CCN(C)[C@@H](COC)C5)cc(C)c34)C2)c(Cl)cc1C(=O)NS(=O)(=O)N1CCCC1. The lowest BCUT2D eigenvalue weighted by atomic mass is 9.92. The highest BCUT2D eigenvalue weighted by Gasteiger charge is 2.33. The van der Waals surface area contributed by atoms with Gasteiger partial charge in [0, 0.05) is 63.0 Å². The summed E-state index contributed by atoms with van der Waals surface area (Å²) in [6.07, 6.45) is 1.60. The van der Waals surface area contributed by atoms with Gasteiger partial charge in [0.1, 0.15) is 11.3 Å². The molecule has 0 aliphatic carbocycles. The zero-order valence-corrected chi connectivity index (χ0v) is 29.5. The molecular formula is C34H42ClN5O8S. The van der Waals surface area contributed by atoms with Crippen molar-refractivity contribution in [1.82, 2.24) is 18.8 Å². The molecule has 264 valence electrons. The van der Waals surface area contributed by atoms with Crippen LogP contribution in [-0.2, 0) is 27.9 Å². The Labute approximate surface area is 295 Å². The summed E-state index contributed by atoms with van der Waals surface area (Å²) in [5, 5.41) is 0.592. The van der Waals surface area contributed by atoms with Gasteiger partial charge >= 0.3 is 15.8 Å². The van der Waals surface area contributed by atoms with Gasteiger partial charge in [0.05, 0.1) is 52.1 Å². The lowest BCUT2D eigenvalue weighted by Crippen LogP contribution is -2.53. The number of rotatable bonds is 8. The van der Waals surface area contributed by atoms with Crippen molar-refractivity contribution in [3.05, 3.63) is 67.0 Å². The Bertz CT molecular complexity index is 2090. The number of hydrogen-bond acceptors (Lipinski definition) is 10. The Morgan fingerprint density at radius 2 is 1.84 bits per heavy atom. The smallest absolute Gasteiger partial charge is 0.341 e. The molecule has 2 aromatic carbocycles. The number of nitrogens with one attached hydrogen (secondary N) is 1. The molecule has 3 aliphatic heterocycles. The van der Waals surface area contributed by atoms with Crippen LogP contribution < -0.4 is 20.0 Å². The standard InChI is InChI=1S/C34H42ClN5O8S/c1-20-14-28(38-13-12-37(3)22(17-38)19-46-4)21(2)31-30(20)23-8-11-39(18-26(23)34(43)48-31)33(42)24-16-29(47-5)25(15-27(24)35)32(41)36-49(44,45)40-9-6-7-10-40/h14-16,22H,6-13,17-19H2,1-5H3,(H,36,41)/t22-/m1/s1/i5D3. The molecule has 0 spiro atoms. The highest BCUT2D eigenvalue weighted by molar-refractivity contribution is 7.87. The van der Waals surface area contributed by atoms with Crippen LogP contribution in [0.1, 0.15) is 59.9 Å². The van der Waals surface area contributed by atoms with Crippen LogP contribution in [0.4, 0.5) is 5.69 Å². The first kappa shape index (κ1) is 31.3. The molecule has 13 nitrogen and oxygen atoms in total. The van der Waals surface area contributed by atoms with Crippen LogP contribution in [0.3, 0.4) is 0 Å². The van der Waals surface area contributed by atoms with Gasteiger partial charge in [0.25, 0.3) is 11.8 Å². The van der Waals surface area contributed by atoms with E-state index in [0.717, 1.165) is 63.8 Å². The summed E-state index contributed by atoms with van der Waals surface area (Å²) in [6, 6.07) is 4.34. The normalized spacial score (nSPS) is 20.1. The van der Waals surface area contributed by atoms with Crippen molar-refractivity contribution in [3.63, 3.8) is 0 Å². The van der Waals surface area contributed by atoms with E-state index in [2.05, 4.69) is 22.9 Å². The highest BCUT2D eigenvalue weighted by Crippen LogP contribution is 2.37. The van der Waals surface area contributed by atoms with Crippen LogP contribution in [0.2, 0.25) is 5.02 Å². The minimum Gasteiger partial charge on any atom is -0.496 e. The molecule has 2 saturated heterocycles. The van der Waals surface area contributed by atoms with Crippen LogP contribution >= 0.6 is 11.6 Å². The van der Waals surface area contributed by atoms with E-state index in [1.54, 1.807) is 7.11 Å². The van der Waals surface area contributed by atoms with Crippen molar-refractivity contribution in [3.8, 4) is 5.75 Å². The van der Waals surface area contributed by atoms with E-state index in [-0.39, 0.29) is 42.8 Å². The van der Waals surface area contributed by atoms with Gasteiger partial charge in [0.2, 0.25) is 0 Å². The Balaban J connectivity index is 1.30. The molecule has 3 aliphatic rings. The molecule has 1 atom stereocenters. The second-order valence-corrected chi connectivity index (χ2v) is 15.0. The third-order valence-electron chi connectivity index (χ3n) is 9.83. The maximum absolute atomic E-state index is 13.9. The second-order valence-electron chi connectivity index (χ2n) is 12.9. The predicted octanol–water partition coefficient (Wildman–Crippen LogP) is 3.11. The van der Waals surface area contributed by atoms with Crippen LogP contribution in [0.15, 0.2) is 27.4 Å². The number of halogens is 1. The van der Waals surface area contributed by atoms with Gasteiger partial charge in [-0.3, -0.25) is 14.5 Å². The van der Waals surface area contributed by atoms with E-state index < -0.39 is 46.0 Å². The molecule has 1 N–H and O–H groups in total. The fraction of sp³-hybridized carbons (Fsp3) is 0.500. The number of fused-ring (bicyclic) bond motifs is 3. The number of anilines is 1. The molecule has 0 saturated carbocycles. The number of methoxy groups -OCH3 is 2. The molecular weight excluding hydrogens is 674 g/mol. The maximum Gasteiger partial charge on any atom is 0.341 e. The summed E-state index contributed by atoms with van der Waals surface area (Å²) in [5.74, 6) is -2.37. The lowest BCUT2D eigenvalue weighted by molar-refractivity contribution is 0.0732. The molecule has 3 aromatic rings. The first-order chi connectivity index (χ1) is 24.5. The van der Waals surface area contributed by atoms with Crippen molar-refractivity contribution in [1.29, 1.82) is 0 Å². The average Bonchev–Trinajstić information content (AvgIpc) is 3.63. The fourth-order valence-corrected chi connectivity index (χ4v) is 8.56. The Hall–Kier alpha value is -3.69. The number of likely N-dealkylation sites (N-methyl/N-ethyl adjacent to an activating group) is 1.